The van der Waals surface area contributed by atoms with Crippen LogP contribution in [-0.4, -0.2) is 25.1 Å². The summed E-state index contributed by atoms with van der Waals surface area (Å²) in [6.07, 6.45) is 7.19. The average Bonchev–Trinajstić information content (AvgIpc) is 2.42. The second kappa shape index (κ2) is 6.67. The van der Waals surface area contributed by atoms with Gasteiger partial charge < -0.3 is 10.5 Å². The van der Waals surface area contributed by atoms with Crippen molar-refractivity contribution in [3.8, 4) is 0 Å². The molecular formula is C16H23N2O+. The molecule has 1 aromatic carbocycles. The highest BCUT2D eigenvalue weighted by Crippen LogP contribution is 2.40. The Morgan fingerprint density at radius 1 is 1.37 bits per heavy atom. The lowest BCUT2D eigenvalue weighted by Crippen LogP contribution is -2.49. The molecule has 19 heavy (non-hydrogen) atoms. The minimum atomic E-state index is 0.0625. The SMILES string of the molecule is CCC=[N+]=CC1(CN)CC(OCc2ccccc2)C1. The highest BCUT2D eigenvalue weighted by molar-refractivity contribution is 5.72. The summed E-state index contributed by atoms with van der Waals surface area (Å²) in [5.41, 5.74) is 7.15. The molecule has 1 aliphatic rings. The molecule has 1 fully saturated rings. The number of ether oxygens (including phenoxy) is 1. The van der Waals surface area contributed by atoms with E-state index in [1.165, 1.54) is 5.56 Å². The van der Waals surface area contributed by atoms with Crippen LogP contribution < -0.4 is 10.4 Å². The molecule has 0 saturated heterocycles. The van der Waals surface area contributed by atoms with E-state index in [9.17, 15) is 0 Å². The lowest BCUT2D eigenvalue weighted by atomic mass is 9.67. The van der Waals surface area contributed by atoms with Gasteiger partial charge in [-0.05, 0) is 18.4 Å². The summed E-state index contributed by atoms with van der Waals surface area (Å²) in [5, 5.41) is 0. The molecule has 0 radical (unpaired) electrons. The summed E-state index contributed by atoms with van der Waals surface area (Å²) >= 11 is 0. The van der Waals surface area contributed by atoms with E-state index in [2.05, 4.69) is 23.7 Å². The predicted octanol–water partition coefficient (Wildman–Crippen LogP) is 1.93. The van der Waals surface area contributed by atoms with Crippen molar-refractivity contribution in [1.29, 1.82) is 0 Å². The van der Waals surface area contributed by atoms with E-state index < -0.39 is 0 Å². The number of rotatable bonds is 6. The third-order valence-electron chi connectivity index (χ3n) is 3.64. The molecule has 102 valence electrons. The second-order valence-corrected chi connectivity index (χ2v) is 5.26. The Labute approximate surface area is 115 Å². The Kier molecular flexibility index (Phi) is 4.92. The Morgan fingerprint density at radius 3 is 2.74 bits per heavy atom. The van der Waals surface area contributed by atoms with E-state index in [0.29, 0.717) is 19.3 Å². The van der Waals surface area contributed by atoms with Gasteiger partial charge in [0.2, 0.25) is 0 Å². The van der Waals surface area contributed by atoms with Crippen LogP contribution in [0.1, 0.15) is 31.7 Å². The Balaban J connectivity index is 1.80. The summed E-state index contributed by atoms with van der Waals surface area (Å²) < 4.78 is 10.2. The molecule has 2 N–H and O–H groups in total. The van der Waals surface area contributed by atoms with E-state index >= 15 is 0 Å². The van der Waals surface area contributed by atoms with Crippen LogP contribution in [0.3, 0.4) is 0 Å². The van der Waals surface area contributed by atoms with Gasteiger partial charge in [0.25, 0.3) is 12.4 Å². The fourth-order valence-electron chi connectivity index (χ4n) is 2.39. The van der Waals surface area contributed by atoms with Gasteiger partial charge in [-0.25, -0.2) is 0 Å². The van der Waals surface area contributed by atoms with Crippen LogP contribution in [0.4, 0.5) is 0 Å². The van der Waals surface area contributed by atoms with E-state index in [1.807, 2.05) is 30.6 Å². The highest BCUT2D eigenvalue weighted by Gasteiger charge is 2.46. The van der Waals surface area contributed by atoms with Crippen LogP contribution >= 0.6 is 0 Å². The van der Waals surface area contributed by atoms with E-state index in [4.69, 9.17) is 10.5 Å². The van der Waals surface area contributed by atoms with Gasteiger partial charge in [0, 0.05) is 13.0 Å². The average molecular weight is 259 g/mol. The summed E-state index contributed by atoms with van der Waals surface area (Å²) in [4.78, 5) is 0. The van der Waals surface area contributed by atoms with Crippen LogP contribution in [0.5, 0.6) is 0 Å². The van der Waals surface area contributed by atoms with Gasteiger partial charge in [0.15, 0.2) is 0 Å². The zero-order chi connectivity index (χ0) is 13.6. The van der Waals surface area contributed by atoms with Gasteiger partial charge in [-0.1, -0.05) is 37.3 Å². The van der Waals surface area contributed by atoms with Crippen LogP contribution in [0.25, 0.3) is 0 Å². The van der Waals surface area contributed by atoms with Crippen molar-refractivity contribution in [3.05, 3.63) is 35.9 Å². The minimum Gasteiger partial charge on any atom is -0.373 e. The largest absolute Gasteiger partial charge is 0.373 e. The maximum Gasteiger partial charge on any atom is 0.276 e. The van der Waals surface area contributed by atoms with Crippen molar-refractivity contribution in [2.45, 2.75) is 38.9 Å². The summed E-state index contributed by atoms with van der Waals surface area (Å²) in [6, 6.07) is 10.3. The van der Waals surface area contributed by atoms with Crippen molar-refractivity contribution in [2.24, 2.45) is 11.1 Å². The quantitative estimate of drug-likeness (QED) is 0.627. The molecule has 0 aliphatic heterocycles. The van der Waals surface area contributed by atoms with Crippen LogP contribution in [0, 0.1) is 5.41 Å². The van der Waals surface area contributed by atoms with Crippen LogP contribution in [-0.2, 0) is 11.3 Å². The molecule has 0 heterocycles. The third kappa shape index (κ3) is 3.77. The molecule has 2 rings (SSSR count). The molecule has 3 nitrogen and oxygen atoms in total. The molecule has 1 aliphatic carbocycles. The first-order valence-corrected chi connectivity index (χ1v) is 6.99. The molecule has 0 amide bonds. The van der Waals surface area contributed by atoms with Crippen molar-refractivity contribution in [3.63, 3.8) is 0 Å². The topological polar surface area (TPSA) is 49.4 Å². The Hall–Kier alpha value is -1.41. The van der Waals surface area contributed by atoms with E-state index in [1.54, 1.807) is 0 Å². The fraction of sp³-hybridized carbons (Fsp3) is 0.500. The monoisotopic (exact) mass is 259 g/mol. The molecule has 0 bridgehead atoms. The molecule has 1 aromatic rings. The van der Waals surface area contributed by atoms with Gasteiger partial charge >= 0.3 is 0 Å². The molecule has 0 atom stereocenters. The van der Waals surface area contributed by atoms with Gasteiger partial charge in [-0.3, -0.25) is 0 Å². The number of nitrogens with zero attached hydrogens (tertiary/aromatic N) is 1. The lowest BCUT2D eigenvalue weighted by molar-refractivity contribution is -0.0560. The number of benzene rings is 1. The van der Waals surface area contributed by atoms with Gasteiger partial charge in [-0.15, -0.1) is 4.67 Å². The van der Waals surface area contributed by atoms with E-state index in [0.717, 1.165) is 19.3 Å². The summed E-state index contributed by atoms with van der Waals surface area (Å²) in [5.74, 6) is 0. The normalized spacial score (nSPS) is 25.3. The second-order valence-electron chi connectivity index (χ2n) is 5.26. The zero-order valence-corrected chi connectivity index (χ0v) is 11.6. The summed E-state index contributed by atoms with van der Waals surface area (Å²) in [6.45, 7) is 3.42. The Morgan fingerprint density at radius 2 is 2.11 bits per heavy atom. The van der Waals surface area contributed by atoms with Crippen LogP contribution in [0.15, 0.2) is 30.3 Å². The van der Waals surface area contributed by atoms with E-state index in [-0.39, 0.29) is 5.41 Å². The van der Waals surface area contributed by atoms with Gasteiger partial charge in [0.05, 0.1) is 18.1 Å². The standard InChI is InChI=1S/C16H23N2O/c1-2-8-18-13-16(12-17)9-15(10-16)19-11-14-6-4-3-5-7-14/h3-8,13,15H,2,9-12,17H2,1H3/q+1. The van der Waals surface area contributed by atoms with Crippen molar-refractivity contribution in [2.75, 3.05) is 6.54 Å². The first kappa shape index (κ1) is 14.0. The smallest absolute Gasteiger partial charge is 0.276 e. The molecular weight excluding hydrogens is 236 g/mol. The number of hydrogen-bond donors (Lipinski definition) is 1. The minimum absolute atomic E-state index is 0.0625. The zero-order valence-electron chi connectivity index (χ0n) is 11.6. The molecule has 1 saturated carbocycles. The molecule has 0 spiro atoms. The highest BCUT2D eigenvalue weighted by atomic mass is 16.5. The van der Waals surface area contributed by atoms with Crippen LogP contribution in [0.2, 0.25) is 0 Å². The van der Waals surface area contributed by atoms with Crippen molar-refractivity contribution >= 4 is 12.4 Å². The third-order valence-corrected chi connectivity index (χ3v) is 3.64. The van der Waals surface area contributed by atoms with Gasteiger partial charge in [0.1, 0.15) is 0 Å². The maximum absolute atomic E-state index is 5.90. The lowest BCUT2D eigenvalue weighted by Gasteiger charge is -2.40. The van der Waals surface area contributed by atoms with Crippen molar-refractivity contribution in [1.82, 2.24) is 4.67 Å². The first-order chi connectivity index (χ1) is 9.28. The molecule has 3 heteroatoms. The molecule has 0 aromatic heterocycles. The summed E-state index contributed by atoms with van der Waals surface area (Å²) in [7, 11) is 0. The molecule has 0 unspecified atom stereocenters. The Bertz CT molecular complexity index is 443. The maximum atomic E-state index is 5.90. The van der Waals surface area contributed by atoms with Crippen molar-refractivity contribution < 1.29 is 4.74 Å². The fourth-order valence-corrected chi connectivity index (χ4v) is 2.39. The predicted molar refractivity (Wildman–Crippen MR) is 80.3 cm³/mol. The number of hydrogen-bond acceptors (Lipinski definition) is 2. The van der Waals surface area contributed by atoms with Gasteiger partial charge in [-0.2, -0.15) is 0 Å². The number of nitrogens with two attached hydrogens (primary N) is 1. The first-order valence-electron chi connectivity index (χ1n) is 6.99.